The van der Waals surface area contributed by atoms with E-state index < -0.39 is 5.82 Å². The zero-order valence-corrected chi connectivity index (χ0v) is 20.0. The fourth-order valence-electron chi connectivity index (χ4n) is 4.47. The molecule has 1 aromatic heterocycles. The van der Waals surface area contributed by atoms with E-state index in [0.717, 1.165) is 24.8 Å². The van der Waals surface area contributed by atoms with Gasteiger partial charge in [0.15, 0.2) is 0 Å². The number of rotatable bonds is 8. The summed E-state index contributed by atoms with van der Waals surface area (Å²) in [5.74, 6) is -0.421. The van der Waals surface area contributed by atoms with E-state index in [1.165, 1.54) is 35.2 Å². The lowest BCUT2D eigenvalue weighted by Crippen LogP contribution is -2.48. The van der Waals surface area contributed by atoms with Crippen LogP contribution in [-0.4, -0.2) is 47.9 Å². The maximum Gasteiger partial charge on any atom is 0.254 e. The SMILES string of the molecule is O=C(c1cccc(F)c1)N(CC(=O)N1CCc2sccc2[C@H]1COc1ccc(F)cc1)CC1CC1. The number of fused-ring (bicyclic) bond motifs is 1. The predicted molar refractivity (Wildman–Crippen MR) is 129 cm³/mol. The molecule has 0 unspecified atom stereocenters. The van der Waals surface area contributed by atoms with Gasteiger partial charge < -0.3 is 14.5 Å². The fraction of sp³-hybridized carbons (Fsp3) is 0.333. The molecule has 0 saturated heterocycles. The van der Waals surface area contributed by atoms with Crippen LogP contribution < -0.4 is 4.74 Å². The van der Waals surface area contributed by atoms with E-state index in [1.54, 1.807) is 39.3 Å². The molecule has 0 radical (unpaired) electrons. The first-order valence-electron chi connectivity index (χ1n) is 11.8. The second kappa shape index (κ2) is 10.2. The first-order valence-corrected chi connectivity index (χ1v) is 12.6. The minimum absolute atomic E-state index is 0.0711. The zero-order valence-electron chi connectivity index (χ0n) is 19.2. The average Bonchev–Trinajstić information content (AvgIpc) is 3.54. The van der Waals surface area contributed by atoms with Crippen LogP contribution in [0.4, 0.5) is 8.78 Å². The van der Waals surface area contributed by atoms with Crippen LogP contribution in [0.2, 0.25) is 0 Å². The molecule has 5 rings (SSSR count). The van der Waals surface area contributed by atoms with Gasteiger partial charge in [-0.1, -0.05) is 6.07 Å². The maximum absolute atomic E-state index is 13.7. The highest BCUT2D eigenvalue weighted by molar-refractivity contribution is 7.10. The first-order chi connectivity index (χ1) is 17.0. The largest absolute Gasteiger partial charge is 0.491 e. The second-order valence-electron chi connectivity index (χ2n) is 9.06. The number of nitrogens with zero attached hydrogens (tertiary/aromatic N) is 2. The summed E-state index contributed by atoms with van der Waals surface area (Å²) in [7, 11) is 0. The number of thiophene rings is 1. The monoisotopic (exact) mass is 496 g/mol. The van der Waals surface area contributed by atoms with Gasteiger partial charge in [-0.05, 0) is 84.7 Å². The Morgan fingerprint density at radius 1 is 1.06 bits per heavy atom. The Morgan fingerprint density at radius 3 is 2.60 bits per heavy atom. The van der Waals surface area contributed by atoms with Gasteiger partial charge in [0, 0.05) is 23.5 Å². The predicted octanol–water partition coefficient (Wildman–Crippen LogP) is 5.08. The van der Waals surface area contributed by atoms with Crippen LogP contribution in [0, 0.1) is 17.6 Å². The van der Waals surface area contributed by atoms with Crippen LogP contribution in [0.25, 0.3) is 0 Å². The first kappa shape index (κ1) is 23.5. The third kappa shape index (κ3) is 5.53. The minimum atomic E-state index is -0.479. The molecular weight excluding hydrogens is 470 g/mol. The third-order valence-corrected chi connectivity index (χ3v) is 7.49. The van der Waals surface area contributed by atoms with Gasteiger partial charge in [0.05, 0.1) is 6.04 Å². The van der Waals surface area contributed by atoms with Gasteiger partial charge in [-0.15, -0.1) is 11.3 Å². The van der Waals surface area contributed by atoms with Crippen molar-refractivity contribution in [3.8, 4) is 5.75 Å². The van der Waals surface area contributed by atoms with Gasteiger partial charge in [-0.25, -0.2) is 8.78 Å². The van der Waals surface area contributed by atoms with Crippen LogP contribution in [0.15, 0.2) is 60.0 Å². The third-order valence-electron chi connectivity index (χ3n) is 6.50. The van der Waals surface area contributed by atoms with E-state index in [1.807, 2.05) is 11.4 Å². The van der Waals surface area contributed by atoms with Crippen LogP contribution in [0.3, 0.4) is 0 Å². The van der Waals surface area contributed by atoms with Crippen molar-refractivity contribution < 1.29 is 23.1 Å². The number of halogens is 2. The molecule has 2 aliphatic rings. The molecule has 2 heterocycles. The Bertz CT molecular complexity index is 1210. The lowest BCUT2D eigenvalue weighted by atomic mass is 10.0. The van der Waals surface area contributed by atoms with Gasteiger partial charge in [0.25, 0.3) is 5.91 Å². The standard InChI is InChI=1S/C27H26F2N2O3S/c28-20-6-8-22(9-7-20)34-17-24-23-11-13-35-25(23)10-12-31(24)26(32)16-30(15-18-4-5-18)27(33)19-2-1-3-21(29)14-19/h1-3,6-9,11,13-14,18,24H,4-5,10,12,15-17H2/t24-/m1/s1. The Morgan fingerprint density at radius 2 is 1.86 bits per heavy atom. The molecule has 0 bridgehead atoms. The number of ether oxygens (including phenoxy) is 1. The van der Waals surface area contributed by atoms with Gasteiger partial charge >= 0.3 is 0 Å². The number of hydrogen-bond acceptors (Lipinski definition) is 4. The highest BCUT2D eigenvalue weighted by Gasteiger charge is 2.35. The summed E-state index contributed by atoms with van der Waals surface area (Å²) in [5.41, 5.74) is 1.29. The maximum atomic E-state index is 13.7. The topological polar surface area (TPSA) is 49.9 Å². The molecule has 182 valence electrons. The normalized spacial score (nSPS) is 17.1. The molecule has 1 atom stereocenters. The lowest BCUT2D eigenvalue weighted by molar-refractivity contribution is -0.135. The van der Waals surface area contributed by atoms with E-state index in [2.05, 4.69) is 0 Å². The molecule has 35 heavy (non-hydrogen) atoms. The molecule has 5 nitrogen and oxygen atoms in total. The van der Waals surface area contributed by atoms with Crippen molar-refractivity contribution in [2.45, 2.75) is 25.3 Å². The van der Waals surface area contributed by atoms with Crippen molar-refractivity contribution in [2.75, 3.05) is 26.2 Å². The molecule has 1 saturated carbocycles. The second-order valence-corrected chi connectivity index (χ2v) is 10.1. The quantitative estimate of drug-likeness (QED) is 0.437. The Labute approximate surface area is 206 Å². The van der Waals surface area contributed by atoms with Crippen LogP contribution >= 0.6 is 11.3 Å². The van der Waals surface area contributed by atoms with E-state index in [0.29, 0.717) is 24.8 Å². The number of amides is 2. The molecule has 2 amide bonds. The summed E-state index contributed by atoms with van der Waals surface area (Å²) in [6, 6.07) is 13.1. The average molecular weight is 497 g/mol. The lowest BCUT2D eigenvalue weighted by Gasteiger charge is -2.37. The molecule has 1 aliphatic carbocycles. The zero-order chi connectivity index (χ0) is 24.4. The molecule has 0 spiro atoms. The number of benzene rings is 2. The Kier molecular flexibility index (Phi) is 6.81. The molecule has 1 aliphatic heterocycles. The molecule has 8 heteroatoms. The number of carbonyl (C=O) groups excluding carboxylic acids is 2. The summed E-state index contributed by atoms with van der Waals surface area (Å²) in [6.45, 7) is 1.16. The van der Waals surface area contributed by atoms with Gasteiger partial charge in [0.1, 0.15) is 30.5 Å². The number of carbonyl (C=O) groups is 2. The van der Waals surface area contributed by atoms with Crippen LogP contribution in [0.1, 0.15) is 39.7 Å². The van der Waals surface area contributed by atoms with Crippen molar-refractivity contribution in [1.82, 2.24) is 9.80 Å². The van der Waals surface area contributed by atoms with Crippen molar-refractivity contribution in [3.05, 3.63) is 87.6 Å². The van der Waals surface area contributed by atoms with E-state index >= 15 is 0 Å². The summed E-state index contributed by atoms with van der Waals surface area (Å²) >= 11 is 1.66. The smallest absolute Gasteiger partial charge is 0.254 e. The summed E-state index contributed by atoms with van der Waals surface area (Å²) in [5, 5.41) is 2.01. The van der Waals surface area contributed by atoms with Crippen molar-refractivity contribution in [1.29, 1.82) is 0 Å². The fourth-order valence-corrected chi connectivity index (χ4v) is 5.40. The summed E-state index contributed by atoms with van der Waals surface area (Å²) in [4.78, 5) is 31.3. The van der Waals surface area contributed by atoms with E-state index in [4.69, 9.17) is 4.74 Å². The molecule has 0 N–H and O–H groups in total. The summed E-state index contributed by atoms with van der Waals surface area (Å²) < 4.78 is 33.0. The number of hydrogen-bond donors (Lipinski definition) is 0. The van der Waals surface area contributed by atoms with Crippen molar-refractivity contribution in [2.24, 2.45) is 5.92 Å². The van der Waals surface area contributed by atoms with Crippen LogP contribution in [0.5, 0.6) is 5.75 Å². The summed E-state index contributed by atoms with van der Waals surface area (Å²) in [6.07, 6.45) is 2.79. The highest BCUT2D eigenvalue weighted by atomic mass is 32.1. The highest BCUT2D eigenvalue weighted by Crippen LogP contribution is 2.35. The van der Waals surface area contributed by atoms with Gasteiger partial charge in [-0.2, -0.15) is 0 Å². The molecule has 1 fully saturated rings. The van der Waals surface area contributed by atoms with E-state index in [9.17, 15) is 18.4 Å². The van der Waals surface area contributed by atoms with Gasteiger partial charge in [-0.3, -0.25) is 9.59 Å². The molecule has 2 aromatic carbocycles. The van der Waals surface area contributed by atoms with E-state index in [-0.39, 0.29) is 42.4 Å². The van der Waals surface area contributed by atoms with Crippen molar-refractivity contribution in [3.63, 3.8) is 0 Å². The molecular formula is C27H26F2N2O3S. The Hall–Kier alpha value is -3.26. The Balaban J connectivity index is 1.34. The van der Waals surface area contributed by atoms with Crippen LogP contribution in [-0.2, 0) is 11.2 Å². The van der Waals surface area contributed by atoms with Crippen molar-refractivity contribution >= 4 is 23.2 Å². The molecule has 3 aromatic rings. The minimum Gasteiger partial charge on any atom is -0.491 e. The van der Waals surface area contributed by atoms with Gasteiger partial charge in [0.2, 0.25) is 5.91 Å².